The molecule has 5 heteroatoms. The smallest absolute Gasteiger partial charge is 0.180 e. The quantitative estimate of drug-likeness (QED) is 0.814. The van der Waals surface area contributed by atoms with Crippen LogP contribution >= 0.6 is 0 Å². The van der Waals surface area contributed by atoms with Gasteiger partial charge in [0.1, 0.15) is 5.82 Å². The Balaban J connectivity index is 2.19. The van der Waals surface area contributed by atoms with Gasteiger partial charge in [-0.3, -0.25) is 0 Å². The van der Waals surface area contributed by atoms with Gasteiger partial charge in [0.05, 0.1) is 6.20 Å². The molecule has 0 bridgehead atoms. The molecule has 0 radical (unpaired) electrons. The number of anilines is 2. The molecule has 0 spiro atoms. The molecule has 0 saturated heterocycles. The number of imidazole rings is 1. The number of rotatable bonds is 7. The van der Waals surface area contributed by atoms with Crippen molar-refractivity contribution in [3.63, 3.8) is 0 Å². The summed E-state index contributed by atoms with van der Waals surface area (Å²) in [4.78, 5) is 9.01. The van der Waals surface area contributed by atoms with Gasteiger partial charge in [0.25, 0.3) is 0 Å². The summed E-state index contributed by atoms with van der Waals surface area (Å²) in [6, 6.07) is 0. The molecular weight excluding hydrogens is 250 g/mol. The van der Waals surface area contributed by atoms with E-state index in [1.165, 1.54) is 0 Å². The Hall–Kier alpha value is -1.78. The molecule has 0 amide bonds. The third-order valence-corrected chi connectivity index (χ3v) is 3.66. The standard InChI is InChI=1S/C15H25N5/c1-5-6-16-13-10-20-8-7-17-15(20)14(19-13)18-9-12(4)11(2)3/h7-8,10-12,16H,5-6,9H2,1-4H3,(H,18,19). The van der Waals surface area contributed by atoms with E-state index in [4.69, 9.17) is 0 Å². The lowest BCUT2D eigenvalue weighted by atomic mass is 9.98. The van der Waals surface area contributed by atoms with E-state index in [2.05, 4.69) is 48.3 Å². The monoisotopic (exact) mass is 275 g/mol. The Morgan fingerprint density at radius 3 is 2.75 bits per heavy atom. The summed E-state index contributed by atoms with van der Waals surface area (Å²) in [5, 5.41) is 6.76. The Bertz CT molecular complexity index is 546. The predicted octanol–water partition coefficient (Wildman–Crippen LogP) is 3.26. The molecule has 2 N–H and O–H groups in total. The maximum Gasteiger partial charge on any atom is 0.180 e. The van der Waals surface area contributed by atoms with E-state index in [0.29, 0.717) is 11.8 Å². The number of fused-ring (bicyclic) bond motifs is 1. The third-order valence-electron chi connectivity index (χ3n) is 3.66. The van der Waals surface area contributed by atoms with Crippen molar-refractivity contribution < 1.29 is 0 Å². The third kappa shape index (κ3) is 3.40. The molecular formula is C15H25N5. The molecule has 20 heavy (non-hydrogen) atoms. The van der Waals surface area contributed by atoms with Crippen molar-refractivity contribution in [2.45, 2.75) is 34.1 Å². The topological polar surface area (TPSA) is 54.2 Å². The van der Waals surface area contributed by atoms with E-state index in [-0.39, 0.29) is 0 Å². The molecule has 0 aliphatic heterocycles. The van der Waals surface area contributed by atoms with Crippen LogP contribution in [-0.4, -0.2) is 27.5 Å². The zero-order chi connectivity index (χ0) is 14.5. The average Bonchev–Trinajstić information content (AvgIpc) is 2.90. The van der Waals surface area contributed by atoms with Gasteiger partial charge >= 0.3 is 0 Å². The highest BCUT2D eigenvalue weighted by atomic mass is 15.1. The maximum absolute atomic E-state index is 4.64. The van der Waals surface area contributed by atoms with Gasteiger partial charge in [0.2, 0.25) is 0 Å². The zero-order valence-corrected chi connectivity index (χ0v) is 12.8. The highest BCUT2D eigenvalue weighted by molar-refractivity contribution is 5.65. The first-order chi connectivity index (χ1) is 9.61. The lowest BCUT2D eigenvalue weighted by molar-refractivity contribution is 0.439. The second-order valence-electron chi connectivity index (χ2n) is 5.66. The van der Waals surface area contributed by atoms with Crippen molar-refractivity contribution in [3.8, 4) is 0 Å². The summed E-state index contributed by atoms with van der Waals surface area (Å²) in [7, 11) is 0. The fourth-order valence-electron chi connectivity index (χ4n) is 1.88. The first-order valence-electron chi connectivity index (χ1n) is 7.43. The molecule has 0 fully saturated rings. The second kappa shape index (κ2) is 6.59. The van der Waals surface area contributed by atoms with Gasteiger partial charge in [0.15, 0.2) is 11.5 Å². The summed E-state index contributed by atoms with van der Waals surface area (Å²) in [5.41, 5.74) is 0.878. The van der Waals surface area contributed by atoms with E-state index in [0.717, 1.165) is 36.8 Å². The largest absolute Gasteiger partial charge is 0.369 e. The molecule has 0 aromatic carbocycles. The van der Waals surface area contributed by atoms with Crippen LogP contribution < -0.4 is 10.6 Å². The molecule has 0 saturated carbocycles. The minimum absolute atomic E-state index is 0.596. The van der Waals surface area contributed by atoms with E-state index in [1.807, 2.05) is 16.8 Å². The van der Waals surface area contributed by atoms with Crippen LogP contribution in [0.5, 0.6) is 0 Å². The fraction of sp³-hybridized carbons (Fsp3) is 0.600. The Morgan fingerprint density at radius 1 is 1.25 bits per heavy atom. The van der Waals surface area contributed by atoms with Crippen molar-refractivity contribution in [2.24, 2.45) is 11.8 Å². The van der Waals surface area contributed by atoms with Crippen molar-refractivity contribution >= 4 is 17.3 Å². The summed E-state index contributed by atoms with van der Waals surface area (Å²) in [6.45, 7) is 10.7. The van der Waals surface area contributed by atoms with E-state index < -0.39 is 0 Å². The van der Waals surface area contributed by atoms with E-state index >= 15 is 0 Å². The number of nitrogens with one attached hydrogen (secondary N) is 2. The van der Waals surface area contributed by atoms with Gasteiger partial charge in [-0.05, 0) is 18.3 Å². The zero-order valence-electron chi connectivity index (χ0n) is 12.8. The molecule has 2 aromatic heterocycles. The predicted molar refractivity (Wildman–Crippen MR) is 84.3 cm³/mol. The molecule has 2 aromatic rings. The van der Waals surface area contributed by atoms with E-state index in [1.54, 1.807) is 6.20 Å². The normalized spacial score (nSPS) is 12.8. The molecule has 5 nitrogen and oxygen atoms in total. The van der Waals surface area contributed by atoms with Crippen LogP contribution in [0.4, 0.5) is 11.6 Å². The molecule has 1 unspecified atom stereocenters. The van der Waals surface area contributed by atoms with Gasteiger partial charge in [-0.25, -0.2) is 9.97 Å². The molecule has 2 rings (SSSR count). The van der Waals surface area contributed by atoms with Gasteiger partial charge in [0, 0.05) is 25.5 Å². The summed E-state index contributed by atoms with van der Waals surface area (Å²) < 4.78 is 2.01. The van der Waals surface area contributed by atoms with Crippen molar-refractivity contribution in [1.29, 1.82) is 0 Å². The number of nitrogens with zero attached hydrogens (tertiary/aromatic N) is 3. The highest BCUT2D eigenvalue weighted by Crippen LogP contribution is 2.18. The molecule has 110 valence electrons. The minimum atomic E-state index is 0.596. The summed E-state index contributed by atoms with van der Waals surface area (Å²) in [5.74, 6) is 2.99. The van der Waals surface area contributed by atoms with Gasteiger partial charge in [-0.15, -0.1) is 0 Å². The summed E-state index contributed by atoms with van der Waals surface area (Å²) in [6.07, 6.45) is 6.81. The van der Waals surface area contributed by atoms with Gasteiger partial charge in [-0.1, -0.05) is 27.7 Å². The van der Waals surface area contributed by atoms with Crippen LogP contribution in [-0.2, 0) is 0 Å². The SMILES string of the molecule is CCCNc1cn2ccnc2c(NCC(C)C(C)C)n1. The minimum Gasteiger partial charge on any atom is -0.369 e. The maximum atomic E-state index is 4.64. The van der Waals surface area contributed by atoms with Crippen molar-refractivity contribution in [3.05, 3.63) is 18.6 Å². The van der Waals surface area contributed by atoms with Crippen LogP contribution in [0, 0.1) is 11.8 Å². The Kier molecular flexibility index (Phi) is 4.82. The fourth-order valence-corrected chi connectivity index (χ4v) is 1.88. The lowest BCUT2D eigenvalue weighted by Crippen LogP contribution is -2.18. The molecule has 1 atom stereocenters. The number of aromatic nitrogens is 3. The Labute approximate surface area is 120 Å². The van der Waals surface area contributed by atoms with Crippen LogP contribution in [0.2, 0.25) is 0 Å². The molecule has 0 aliphatic rings. The van der Waals surface area contributed by atoms with E-state index in [9.17, 15) is 0 Å². The van der Waals surface area contributed by atoms with Crippen molar-refractivity contribution in [2.75, 3.05) is 23.7 Å². The van der Waals surface area contributed by atoms with Crippen molar-refractivity contribution in [1.82, 2.24) is 14.4 Å². The highest BCUT2D eigenvalue weighted by Gasteiger charge is 2.11. The molecule has 2 heterocycles. The first kappa shape index (κ1) is 14.6. The second-order valence-corrected chi connectivity index (χ2v) is 5.66. The molecule has 0 aliphatic carbocycles. The first-order valence-corrected chi connectivity index (χ1v) is 7.43. The van der Waals surface area contributed by atoms with Gasteiger partial charge < -0.3 is 15.0 Å². The van der Waals surface area contributed by atoms with Gasteiger partial charge in [-0.2, -0.15) is 0 Å². The Morgan fingerprint density at radius 2 is 2.05 bits per heavy atom. The number of hydrogen-bond donors (Lipinski definition) is 2. The number of hydrogen-bond acceptors (Lipinski definition) is 4. The van der Waals surface area contributed by atoms with Crippen LogP contribution in [0.1, 0.15) is 34.1 Å². The average molecular weight is 275 g/mol. The summed E-state index contributed by atoms with van der Waals surface area (Å²) >= 11 is 0. The van der Waals surface area contributed by atoms with Crippen LogP contribution in [0.15, 0.2) is 18.6 Å². The lowest BCUT2D eigenvalue weighted by Gasteiger charge is -2.17. The van der Waals surface area contributed by atoms with Crippen LogP contribution in [0.25, 0.3) is 5.65 Å². The van der Waals surface area contributed by atoms with Crippen LogP contribution in [0.3, 0.4) is 0 Å².